The van der Waals surface area contributed by atoms with Crippen LogP contribution < -0.4 is 0 Å². The third kappa shape index (κ3) is 5.75. The van der Waals surface area contributed by atoms with Crippen LogP contribution in [0.25, 0.3) is 11.4 Å². The van der Waals surface area contributed by atoms with E-state index in [1.807, 2.05) is 0 Å². The second-order valence-electron chi connectivity index (χ2n) is 6.46. The summed E-state index contributed by atoms with van der Waals surface area (Å²) >= 11 is 5.85. The predicted molar refractivity (Wildman–Crippen MR) is 98.9 cm³/mol. The molecule has 0 unspecified atom stereocenters. The topological polar surface area (TPSA) is 90.2 Å². The normalized spacial score (nSPS) is 15.1. The van der Waals surface area contributed by atoms with Crippen molar-refractivity contribution < 1.29 is 14.3 Å². The van der Waals surface area contributed by atoms with Crippen molar-refractivity contribution in [1.82, 2.24) is 25.1 Å². The Labute approximate surface area is 162 Å². The highest BCUT2D eigenvalue weighted by Crippen LogP contribution is 2.17. The van der Waals surface area contributed by atoms with Gasteiger partial charge in [0.25, 0.3) is 5.91 Å². The summed E-state index contributed by atoms with van der Waals surface area (Å²) in [6, 6.07) is 6.98. The fraction of sp³-hybridized carbons (Fsp3) is 0.500. The fourth-order valence-corrected chi connectivity index (χ4v) is 3.04. The lowest BCUT2D eigenvalue weighted by molar-refractivity contribution is -0.153. The Morgan fingerprint density at radius 2 is 1.70 bits per heavy atom. The van der Waals surface area contributed by atoms with Crippen LogP contribution in [0.1, 0.15) is 32.1 Å². The highest BCUT2D eigenvalue weighted by molar-refractivity contribution is 6.30. The highest BCUT2D eigenvalue weighted by atomic mass is 35.5. The summed E-state index contributed by atoms with van der Waals surface area (Å²) in [6.07, 6.45) is 5.49. The summed E-state index contributed by atoms with van der Waals surface area (Å²) in [5.41, 5.74) is 0.742. The molecule has 27 heavy (non-hydrogen) atoms. The molecule has 1 aromatic carbocycles. The number of tetrazole rings is 1. The molecule has 0 atom stereocenters. The van der Waals surface area contributed by atoms with Crippen LogP contribution in [-0.2, 0) is 20.9 Å². The first-order chi connectivity index (χ1) is 13.1. The van der Waals surface area contributed by atoms with Gasteiger partial charge >= 0.3 is 5.97 Å². The second-order valence-corrected chi connectivity index (χ2v) is 6.90. The van der Waals surface area contributed by atoms with Crippen molar-refractivity contribution in [3.8, 4) is 11.4 Å². The van der Waals surface area contributed by atoms with E-state index in [1.54, 1.807) is 29.2 Å². The van der Waals surface area contributed by atoms with E-state index in [0.29, 0.717) is 10.8 Å². The van der Waals surface area contributed by atoms with Gasteiger partial charge < -0.3 is 9.64 Å². The summed E-state index contributed by atoms with van der Waals surface area (Å²) in [4.78, 5) is 27.1. The molecule has 1 aliphatic rings. The Bertz CT molecular complexity index is 770. The van der Waals surface area contributed by atoms with Crippen LogP contribution in [0.5, 0.6) is 0 Å². The molecule has 0 saturated carbocycles. The van der Waals surface area contributed by atoms with Crippen molar-refractivity contribution in [2.45, 2.75) is 38.6 Å². The molecule has 0 N–H and O–H groups in total. The molecular weight excluding hydrogens is 370 g/mol. The van der Waals surface area contributed by atoms with Crippen molar-refractivity contribution in [3.63, 3.8) is 0 Å². The minimum atomic E-state index is -0.574. The number of amides is 1. The molecule has 1 aromatic heterocycles. The van der Waals surface area contributed by atoms with E-state index in [9.17, 15) is 9.59 Å². The first kappa shape index (κ1) is 19.3. The van der Waals surface area contributed by atoms with E-state index >= 15 is 0 Å². The van der Waals surface area contributed by atoms with Crippen LogP contribution in [0.15, 0.2) is 24.3 Å². The van der Waals surface area contributed by atoms with Gasteiger partial charge in [0.1, 0.15) is 0 Å². The third-order valence-corrected chi connectivity index (χ3v) is 4.64. The molecule has 0 radical (unpaired) electrons. The summed E-state index contributed by atoms with van der Waals surface area (Å²) in [5.74, 6) is -0.342. The van der Waals surface area contributed by atoms with Crippen LogP contribution in [0.2, 0.25) is 5.02 Å². The predicted octanol–water partition coefficient (Wildman–Crippen LogP) is 2.33. The number of rotatable bonds is 5. The summed E-state index contributed by atoms with van der Waals surface area (Å²) < 4.78 is 5.09. The Hall–Kier alpha value is -2.48. The molecule has 9 heteroatoms. The minimum absolute atomic E-state index is 0.154. The molecule has 2 heterocycles. The van der Waals surface area contributed by atoms with Crippen molar-refractivity contribution in [3.05, 3.63) is 29.3 Å². The summed E-state index contributed by atoms with van der Waals surface area (Å²) in [7, 11) is 0. The number of likely N-dealkylation sites (tertiary alicyclic amines) is 1. The number of benzene rings is 1. The van der Waals surface area contributed by atoms with Crippen LogP contribution in [0.3, 0.4) is 0 Å². The highest BCUT2D eigenvalue weighted by Gasteiger charge is 2.17. The summed E-state index contributed by atoms with van der Waals surface area (Å²) in [6.45, 7) is 1.00. The van der Waals surface area contributed by atoms with Crippen LogP contribution >= 0.6 is 11.6 Å². The zero-order chi connectivity index (χ0) is 19.1. The van der Waals surface area contributed by atoms with Gasteiger partial charge in [0.15, 0.2) is 13.2 Å². The van der Waals surface area contributed by atoms with E-state index in [-0.39, 0.29) is 19.1 Å². The molecule has 3 rings (SSSR count). The van der Waals surface area contributed by atoms with Crippen molar-refractivity contribution in [1.29, 1.82) is 0 Å². The molecule has 0 spiro atoms. The molecule has 8 nitrogen and oxygen atoms in total. The fourth-order valence-electron chi connectivity index (χ4n) is 2.92. The zero-order valence-electron chi connectivity index (χ0n) is 15.0. The number of carbonyl (C=O) groups is 2. The maximum Gasteiger partial charge on any atom is 0.330 e. The lowest BCUT2D eigenvalue weighted by Crippen LogP contribution is -2.37. The largest absolute Gasteiger partial charge is 0.454 e. The van der Waals surface area contributed by atoms with E-state index in [4.69, 9.17) is 16.3 Å². The Morgan fingerprint density at radius 3 is 2.41 bits per heavy atom. The average Bonchev–Trinajstić information content (AvgIpc) is 3.08. The molecule has 1 fully saturated rings. The molecule has 144 valence electrons. The van der Waals surface area contributed by atoms with Gasteiger partial charge in [-0.25, -0.2) is 4.79 Å². The van der Waals surface area contributed by atoms with Gasteiger partial charge in [0, 0.05) is 23.7 Å². The lowest BCUT2D eigenvalue weighted by atomic mass is 10.1. The number of halogens is 1. The molecule has 0 aliphatic carbocycles. The molecular formula is C18H22ClN5O3. The number of esters is 1. The number of hydrogen-bond acceptors (Lipinski definition) is 6. The second kappa shape index (κ2) is 9.45. The molecule has 1 amide bonds. The smallest absolute Gasteiger partial charge is 0.330 e. The molecule has 2 aromatic rings. The number of ether oxygens (including phenoxy) is 1. The maximum atomic E-state index is 12.2. The van der Waals surface area contributed by atoms with Crippen LogP contribution in [0.4, 0.5) is 0 Å². The van der Waals surface area contributed by atoms with E-state index in [2.05, 4.69) is 15.4 Å². The average molecular weight is 392 g/mol. The Morgan fingerprint density at radius 1 is 1.04 bits per heavy atom. The van der Waals surface area contributed by atoms with Crippen molar-refractivity contribution >= 4 is 23.5 Å². The van der Waals surface area contributed by atoms with E-state index in [0.717, 1.165) is 49.1 Å². The zero-order valence-corrected chi connectivity index (χ0v) is 15.8. The number of nitrogens with zero attached hydrogens (tertiary/aromatic N) is 5. The van der Waals surface area contributed by atoms with Gasteiger partial charge in [0.05, 0.1) is 0 Å². The quantitative estimate of drug-likeness (QED) is 0.726. The first-order valence-corrected chi connectivity index (χ1v) is 9.47. The van der Waals surface area contributed by atoms with Gasteiger partial charge in [-0.05, 0) is 42.3 Å². The van der Waals surface area contributed by atoms with Crippen LogP contribution in [0, 0.1) is 0 Å². The molecule has 1 aliphatic heterocycles. The number of aromatic nitrogens is 4. The number of carbonyl (C=O) groups excluding carboxylic acids is 2. The van der Waals surface area contributed by atoms with Gasteiger partial charge in [-0.15, -0.1) is 10.2 Å². The lowest BCUT2D eigenvalue weighted by Gasteiger charge is -2.24. The summed E-state index contributed by atoms with van der Waals surface area (Å²) in [5, 5.41) is 12.5. The minimum Gasteiger partial charge on any atom is -0.454 e. The van der Waals surface area contributed by atoms with Crippen molar-refractivity contribution in [2.24, 2.45) is 0 Å². The van der Waals surface area contributed by atoms with Crippen LogP contribution in [-0.4, -0.2) is 56.7 Å². The Balaban J connectivity index is 1.47. The van der Waals surface area contributed by atoms with E-state index < -0.39 is 5.97 Å². The van der Waals surface area contributed by atoms with Gasteiger partial charge in [-0.3, -0.25) is 4.79 Å². The Kier molecular flexibility index (Phi) is 6.75. The van der Waals surface area contributed by atoms with Gasteiger partial charge in [0.2, 0.25) is 5.82 Å². The van der Waals surface area contributed by atoms with Gasteiger partial charge in [-0.2, -0.15) is 4.80 Å². The number of hydrogen-bond donors (Lipinski definition) is 0. The first-order valence-electron chi connectivity index (χ1n) is 9.09. The third-order valence-electron chi connectivity index (χ3n) is 4.39. The monoisotopic (exact) mass is 391 g/mol. The molecule has 1 saturated heterocycles. The standard InChI is InChI=1S/C18H22ClN5O3/c19-15-8-6-14(7-9-15)18-20-22-24(21-18)12-17(26)27-13-16(25)23-10-4-2-1-3-5-11-23/h6-9H,1-5,10-13H2. The van der Waals surface area contributed by atoms with Gasteiger partial charge in [-0.1, -0.05) is 30.9 Å². The molecule has 0 bridgehead atoms. The SMILES string of the molecule is O=C(Cn1nnc(-c2ccc(Cl)cc2)n1)OCC(=O)N1CCCCCCC1. The van der Waals surface area contributed by atoms with E-state index in [1.165, 1.54) is 6.42 Å². The van der Waals surface area contributed by atoms with Crippen molar-refractivity contribution in [2.75, 3.05) is 19.7 Å². The maximum absolute atomic E-state index is 12.2.